The molecule has 0 radical (unpaired) electrons. The van der Waals surface area contributed by atoms with Gasteiger partial charge in [-0.05, 0) is 50.1 Å². The molecule has 0 saturated heterocycles. The molecule has 0 fully saturated rings. The zero-order valence-corrected chi connectivity index (χ0v) is 19.5. The molecule has 1 aromatic heterocycles. The van der Waals surface area contributed by atoms with Gasteiger partial charge in [-0.2, -0.15) is 5.10 Å². The number of carbonyl (C=O) groups excluding carboxylic acids is 1. The fourth-order valence-corrected chi connectivity index (χ4v) is 4.34. The average molecular weight is 463 g/mol. The van der Waals surface area contributed by atoms with E-state index in [2.05, 4.69) is 10.1 Å². The number of aromatic amines is 1. The molecule has 9 heteroatoms. The third-order valence-electron chi connectivity index (χ3n) is 5.65. The summed E-state index contributed by atoms with van der Waals surface area (Å²) in [6.45, 7) is 7.43. The SMILES string of the molecule is CCOc1ccccc1C1CC(c2c(O)n(-c3cc(C)cc(C)c3)c(=O)[nH]c2=O)=NN1C(C)=O. The highest BCUT2D eigenvalue weighted by Crippen LogP contribution is 2.38. The predicted molar refractivity (Wildman–Crippen MR) is 128 cm³/mol. The minimum atomic E-state index is -0.774. The molecule has 3 aromatic rings. The summed E-state index contributed by atoms with van der Waals surface area (Å²) in [7, 11) is 0. The second kappa shape index (κ2) is 9.01. The number of hydrazone groups is 1. The lowest BCUT2D eigenvalue weighted by Crippen LogP contribution is -2.33. The summed E-state index contributed by atoms with van der Waals surface area (Å²) in [5.41, 5.74) is 1.44. The van der Waals surface area contributed by atoms with Gasteiger partial charge in [0.15, 0.2) is 0 Å². The Bertz CT molecular complexity index is 1400. The number of para-hydroxylation sites is 1. The number of hydrogen-bond donors (Lipinski definition) is 2. The molecule has 0 spiro atoms. The van der Waals surface area contributed by atoms with Crippen molar-refractivity contribution < 1.29 is 14.6 Å². The standard InChI is InChI=1S/C25H26N4O5/c1-5-34-21-9-7-6-8-18(21)20-13-19(27-29(20)16(4)30)22-23(31)26-25(33)28(24(22)32)17-11-14(2)10-15(3)12-17/h6-12,20,32H,5,13H2,1-4H3,(H,26,31,33). The number of H-pyrrole nitrogens is 1. The summed E-state index contributed by atoms with van der Waals surface area (Å²) < 4.78 is 6.77. The third-order valence-corrected chi connectivity index (χ3v) is 5.65. The van der Waals surface area contributed by atoms with Crippen LogP contribution in [0.2, 0.25) is 0 Å². The maximum absolute atomic E-state index is 12.8. The van der Waals surface area contributed by atoms with Gasteiger partial charge in [0.2, 0.25) is 11.8 Å². The maximum Gasteiger partial charge on any atom is 0.335 e. The molecule has 0 saturated carbocycles. The summed E-state index contributed by atoms with van der Waals surface area (Å²) in [4.78, 5) is 40.2. The van der Waals surface area contributed by atoms with Crippen molar-refractivity contribution in [2.24, 2.45) is 5.10 Å². The molecule has 4 rings (SSSR count). The molecule has 1 atom stereocenters. The van der Waals surface area contributed by atoms with E-state index in [1.165, 1.54) is 11.9 Å². The Morgan fingerprint density at radius 1 is 1.18 bits per heavy atom. The van der Waals surface area contributed by atoms with Crippen molar-refractivity contribution in [3.05, 3.63) is 85.6 Å². The molecule has 34 heavy (non-hydrogen) atoms. The second-order valence-corrected chi connectivity index (χ2v) is 8.24. The van der Waals surface area contributed by atoms with Crippen molar-refractivity contribution in [2.75, 3.05) is 6.61 Å². The monoisotopic (exact) mass is 462 g/mol. The highest BCUT2D eigenvalue weighted by molar-refractivity contribution is 6.04. The molecule has 2 aromatic carbocycles. The summed E-state index contributed by atoms with van der Waals surface area (Å²) in [5, 5.41) is 16.8. The Morgan fingerprint density at radius 3 is 2.50 bits per heavy atom. The summed E-state index contributed by atoms with van der Waals surface area (Å²) in [6.07, 6.45) is 0.158. The fourth-order valence-electron chi connectivity index (χ4n) is 4.34. The molecule has 176 valence electrons. The fraction of sp³-hybridized carbons (Fsp3) is 0.280. The first-order valence-corrected chi connectivity index (χ1v) is 11.0. The van der Waals surface area contributed by atoms with Crippen LogP contribution in [0.5, 0.6) is 11.6 Å². The van der Waals surface area contributed by atoms with Crippen LogP contribution in [0.4, 0.5) is 0 Å². The molecular formula is C25H26N4O5. The van der Waals surface area contributed by atoms with Crippen LogP contribution < -0.4 is 16.0 Å². The number of amides is 1. The number of rotatable bonds is 5. The van der Waals surface area contributed by atoms with Gasteiger partial charge in [0.25, 0.3) is 5.56 Å². The van der Waals surface area contributed by atoms with Crippen LogP contribution in [0.25, 0.3) is 5.69 Å². The van der Waals surface area contributed by atoms with Crippen LogP contribution in [0, 0.1) is 13.8 Å². The number of hydrogen-bond acceptors (Lipinski definition) is 6. The number of carbonyl (C=O) groups is 1. The van der Waals surface area contributed by atoms with Crippen LogP contribution in [-0.4, -0.2) is 37.9 Å². The van der Waals surface area contributed by atoms with Crippen LogP contribution in [-0.2, 0) is 4.79 Å². The average Bonchev–Trinajstić information content (AvgIpc) is 3.18. The van der Waals surface area contributed by atoms with Gasteiger partial charge in [0.05, 0.1) is 24.0 Å². The first kappa shape index (κ1) is 23.0. The minimum Gasteiger partial charge on any atom is -0.494 e. The largest absolute Gasteiger partial charge is 0.494 e. The van der Waals surface area contributed by atoms with Gasteiger partial charge in [-0.25, -0.2) is 14.4 Å². The Morgan fingerprint density at radius 2 is 1.85 bits per heavy atom. The van der Waals surface area contributed by atoms with E-state index in [1.807, 2.05) is 45.0 Å². The van der Waals surface area contributed by atoms with Gasteiger partial charge in [-0.3, -0.25) is 14.6 Å². The summed E-state index contributed by atoms with van der Waals surface area (Å²) >= 11 is 0. The van der Waals surface area contributed by atoms with Crippen molar-refractivity contribution in [1.82, 2.24) is 14.6 Å². The van der Waals surface area contributed by atoms with Crippen molar-refractivity contribution in [3.63, 3.8) is 0 Å². The Balaban J connectivity index is 1.85. The lowest BCUT2D eigenvalue weighted by molar-refractivity contribution is -0.130. The van der Waals surface area contributed by atoms with Crippen LogP contribution in [0.1, 0.15) is 48.6 Å². The van der Waals surface area contributed by atoms with E-state index < -0.39 is 23.2 Å². The predicted octanol–water partition coefficient (Wildman–Crippen LogP) is 2.94. The maximum atomic E-state index is 12.8. The van der Waals surface area contributed by atoms with Crippen molar-refractivity contribution in [3.8, 4) is 17.3 Å². The number of nitrogens with one attached hydrogen (secondary N) is 1. The number of aromatic hydroxyl groups is 1. The Kier molecular flexibility index (Phi) is 6.10. The third kappa shape index (κ3) is 4.12. The van der Waals surface area contributed by atoms with E-state index >= 15 is 0 Å². The zero-order chi connectivity index (χ0) is 24.6. The van der Waals surface area contributed by atoms with Crippen molar-refractivity contribution in [1.29, 1.82) is 0 Å². The van der Waals surface area contributed by atoms with Crippen molar-refractivity contribution in [2.45, 2.75) is 40.2 Å². The highest BCUT2D eigenvalue weighted by Gasteiger charge is 2.36. The molecule has 1 unspecified atom stereocenters. The van der Waals surface area contributed by atoms with E-state index in [-0.39, 0.29) is 23.6 Å². The first-order chi connectivity index (χ1) is 16.2. The van der Waals surface area contributed by atoms with Gasteiger partial charge in [-0.1, -0.05) is 24.3 Å². The van der Waals surface area contributed by atoms with Gasteiger partial charge >= 0.3 is 5.69 Å². The summed E-state index contributed by atoms with van der Waals surface area (Å²) in [5.74, 6) is -0.249. The van der Waals surface area contributed by atoms with E-state index in [4.69, 9.17) is 4.74 Å². The van der Waals surface area contributed by atoms with E-state index in [9.17, 15) is 19.5 Å². The lowest BCUT2D eigenvalue weighted by atomic mass is 9.98. The molecule has 9 nitrogen and oxygen atoms in total. The van der Waals surface area contributed by atoms with Crippen molar-refractivity contribution >= 4 is 11.6 Å². The van der Waals surface area contributed by atoms with Crippen LogP contribution >= 0.6 is 0 Å². The van der Waals surface area contributed by atoms with Crippen LogP contribution in [0.3, 0.4) is 0 Å². The minimum absolute atomic E-state index is 0.151. The van der Waals surface area contributed by atoms with E-state index in [0.29, 0.717) is 18.0 Å². The Hall–Kier alpha value is -4.14. The zero-order valence-electron chi connectivity index (χ0n) is 19.5. The second-order valence-electron chi connectivity index (χ2n) is 8.24. The van der Waals surface area contributed by atoms with Gasteiger partial charge in [0, 0.05) is 18.9 Å². The number of benzene rings is 2. The number of ether oxygens (including phenoxy) is 1. The quantitative estimate of drug-likeness (QED) is 0.605. The summed E-state index contributed by atoms with van der Waals surface area (Å²) in [6, 6.07) is 12.2. The van der Waals surface area contributed by atoms with Gasteiger partial charge in [-0.15, -0.1) is 0 Å². The number of nitrogens with zero attached hydrogens (tertiary/aromatic N) is 3. The molecule has 0 aliphatic carbocycles. The first-order valence-electron chi connectivity index (χ1n) is 11.0. The highest BCUT2D eigenvalue weighted by atomic mass is 16.5. The van der Waals surface area contributed by atoms with Crippen LogP contribution in [0.15, 0.2) is 57.2 Å². The lowest BCUT2D eigenvalue weighted by Gasteiger charge is -2.22. The molecule has 2 N–H and O–H groups in total. The molecule has 2 heterocycles. The topological polar surface area (TPSA) is 117 Å². The molecule has 1 aliphatic rings. The molecular weight excluding hydrogens is 436 g/mol. The van der Waals surface area contributed by atoms with Gasteiger partial charge in [0.1, 0.15) is 11.3 Å². The van der Waals surface area contributed by atoms with E-state index in [1.54, 1.807) is 18.2 Å². The smallest absolute Gasteiger partial charge is 0.335 e. The number of aromatic nitrogens is 2. The molecule has 1 aliphatic heterocycles. The number of aryl methyl sites for hydroxylation is 2. The Labute approximate surface area is 195 Å². The van der Waals surface area contributed by atoms with Gasteiger partial charge < -0.3 is 9.84 Å². The normalized spacial score (nSPS) is 15.4. The molecule has 1 amide bonds. The van der Waals surface area contributed by atoms with E-state index in [0.717, 1.165) is 21.3 Å². The molecule has 0 bridgehead atoms.